The minimum Gasteiger partial charge on any atom is -0.494 e. The van der Waals surface area contributed by atoms with Crippen molar-refractivity contribution in [1.29, 1.82) is 0 Å². The van der Waals surface area contributed by atoms with Crippen molar-refractivity contribution in [3.05, 3.63) is 29.8 Å². The van der Waals surface area contributed by atoms with Gasteiger partial charge in [0, 0.05) is 19.3 Å². The van der Waals surface area contributed by atoms with Gasteiger partial charge in [0.2, 0.25) is 0 Å². The van der Waals surface area contributed by atoms with Crippen LogP contribution in [0.3, 0.4) is 0 Å². The van der Waals surface area contributed by atoms with Gasteiger partial charge in [-0.25, -0.2) is 0 Å². The highest BCUT2D eigenvalue weighted by molar-refractivity contribution is 5.31. The van der Waals surface area contributed by atoms with Crippen molar-refractivity contribution in [2.24, 2.45) is 5.92 Å². The van der Waals surface area contributed by atoms with Crippen LogP contribution < -0.4 is 10.1 Å². The first kappa shape index (κ1) is 14.4. The molecule has 0 amide bonds. The van der Waals surface area contributed by atoms with E-state index in [9.17, 15) is 0 Å². The molecule has 1 unspecified atom stereocenters. The van der Waals surface area contributed by atoms with Crippen molar-refractivity contribution in [1.82, 2.24) is 5.32 Å². The highest BCUT2D eigenvalue weighted by atomic mass is 16.5. The second-order valence-electron chi connectivity index (χ2n) is 4.99. The summed E-state index contributed by atoms with van der Waals surface area (Å²) in [4.78, 5) is 0. The Hall–Kier alpha value is -1.06. The Balaban J connectivity index is 2.14. The lowest BCUT2D eigenvalue weighted by molar-refractivity contribution is 0.0538. The SMILES string of the molecule is CCNC(c1cccc(OCC)c1)C1CCOCC1. The molecule has 1 aliphatic rings. The molecular weight excluding hydrogens is 238 g/mol. The predicted molar refractivity (Wildman–Crippen MR) is 77.6 cm³/mol. The van der Waals surface area contributed by atoms with Crippen molar-refractivity contribution in [2.75, 3.05) is 26.4 Å². The van der Waals surface area contributed by atoms with Gasteiger partial charge in [-0.1, -0.05) is 19.1 Å². The second-order valence-corrected chi connectivity index (χ2v) is 4.99. The minimum atomic E-state index is 0.411. The van der Waals surface area contributed by atoms with Gasteiger partial charge in [-0.3, -0.25) is 0 Å². The van der Waals surface area contributed by atoms with Crippen molar-refractivity contribution < 1.29 is 9.47 Å². The summed E-state index contributed by atoms with van der Waals surface area (Å²) >= 11 is 0. The molecule has 1 N–H and O–H groups in total. The molecular formula is C16H25NO2. The molecule has 0 radical (unpaired) electrons. The van der Waals surface area contributed by atoms with Crippen LogP contribution in [0.25, 0.3) is 0 Å². The summed E-state index contributed by atoms with van der Waals surface area (Å²) in [6.45, 7) is 7.66. The first-order valence-corrected chi connectivity index (χ1v) is 7.39. The number of nitrogens with one attached hydrogen (secondary N) is 1. The highest BCUT2D eigenvalue weighted by Crippen LogP contribution is 2.31. The van der Waals surface area contributed by atoms with Crippen molar-refractivity contribution in [3.8, 4) is 5.75 Å². The van der Waals surface area contributed by atoms with E-state index in [1.54, 1.807) is 0 Å². The van der Waals surface area contributed by atoms with Gasteiger partial charge < -0.3 is 14.8 Å². The van der Waals surface area contributed by atoms with Gasteiger partial charge in [0.1, 0.15) is 5.75 Å². The Morgan fingerprint density at radius 2 is 2.11 bits per heavy atom. The summed E-state index contributed by atoms with van der Waals surface area (Å²) in [6, 6.07) is 8.90. The Bertz CT molecular complexity index is 375. The summed E-state index contributed by atoms with van der Waals surface area (Å²) in [5.41, 5.74) is 1.33. The molecule has 3 nitrogen and oxygen atoms in total. The molecule has 2 rings (SSSR count). The molecule has 1 aromatic carbocycles. The second kappa shape index (κ2) is 7.51. The van der Waals surface area contributed by atoms with Gasteiger partial charge >= 0.3 is 0 Å². The average Bonchev–Trinajstić information content (AvgIpc) is 2.46. The summed E-state index contributed by atoms with van der Waals surface area (Å²) in [5, 5.41) is 3.63. The minimum absolute atomic E-state index is 0.411. The van der Waals surface area contributed by atoms with Gasteiger partial charge in [-0.2, -0.15) is 0 Å². The standard InChI is InChI=1S/C16H25NO2/c1-3-17-16(13-8-10-18-11-9-13)14-6-5-7-15(12-14)19-4-2/h5-7,12-13,16-17H,3-4,8-11H2,1-2H3. The fourth-order valence-electron chi connectivity index (χ4n) is 2.79. The fraction of sp³-hybridized carbons (Fsp3) is 0.625. The van der Waals surface area contributed by atoms with Crippen LogP contribution in [0.5, 0.6) is 5.75 Å². The van der Waals surface area contributed by atoms with E-state index < -0.39 is 0 Å². The number of benzene rings is 1. The first-order valence-electron chi connectivity index (χ1n) is 7.39. The molecule has 0 aromatic heterocycles. The third kappa shape index (κ3) is 3.95. The third-order valence-electron chi connectivity index (χ3n) is 3.69. The Morgan fingerprint density at radius 1 is 1.32 bits per heavy atom. The van der Waals surface area contributed by atoms with Crippen LogP contribution in [0.1, 0.15) is 38.3 Å². The van der Waals surface area contributed by atoms with Crippen LogP contribution in [-0.2, 0) is 4.74 Å². The van der Waals surface area contributed by atoms with E-state index in [0.717, 1.165) is 38.3 Å². The van der Waals surface area contributed by atoms with Gasteiger partial charge in [-0.05, 0) is 49.9 Å². The molecule has 1 atom stereocenters. The van der Waals surface area contributed by atoms with E-state index in [1.165, 1.54) is 5.56 Å². The molecule has 1 aromatic rings. The molecule has 1 heterocycles. The van der Waals surface area contributed by atoms with Crippen LogP contribution in [0.15, 0.2) is 24.3 Å². The lowest BCUT2D eigenvalue weighted by Gasteiger charge is -2.31. The zero-order chi connectivity index (χ0) is 13.5. The van der Waals surface area contributed by atoms with Crippen LogP contribution in [0.2, 0.25) is 0 Å². The fourth-order valence-corrected chi connectivity index (χ4v) is 2.79. The number of rotatable bonds is 6. The maximum Gasteiger partial charge on any atom is 0.119 e. The number of hydrogen-bond acceptors (Lipinski definition) is 3. The smallest absolute Gasteiger partial charge is 0.119 e. The largest absolute Gasteiger partial charge is 0.494 e. The van der Waals surface area contributed by atoms with E-state index in [0.29, 0.717) is 18.6 Å². The molecule has 1 saturated heterocycles. The average molecular weight is 263 g/mol. The zero-order valence-corrected chi connectivity index (χ0v) is 12.0. The molecule has 0 spiro atoms. The van der Waals surface area contributed by atoms with Crippen LogP contribution in [-0.4, -0.2) is 26.4 Å². The predicted octanol–water partition coefficient (Wildman–Crippen LogP) is 3.16. The van der Waals surface area contributed by atoms with Gasteiger partial charge in [0.25, 0.3) is 0 Å². The van der Waals surface area contributed by atoms with E-state index in [1.807, 2.05) is 13.0 Å². The molecule has 3 heteroatoms. The lowest BCUT2D eigenvalue weighted by atomic mass is 9.87. The zero-order valence-electron chi connectivity index (χ0n) is 12.0. The summed E-state index contributed by atoms with van der Waals surface area (Å²) in [7, 11) is 0. The molecule has 0 saturated carbocycles. The van der Waals surface area contributed by atoms with E-state index in [2.05, 4.69) is 30.4 Å². The topological polar surface area (TPSA) is 30.5 Å². The molecule has 0 aliphatic carbocycles. The van der Waals surface area contributed by atoms with Gasteiger partial charge in [0.15, 0.2) is 0 Å². The highest BCUT2D eigenvalue weighted by Gasteiger charge is 2.24. The molecule has 1 fully saturated rings. The van der Waals surface area contributed by atoms with Gasteiger partial charge in [-0.15, -0.1) is 0 Å². The van der Waals surface area contributed by atoms with Crippen LogP contribution in [0.4, 0.5) is 0 Å². The molecule has 1 aliphatic heterocycles. The van der Waals surface area contributed by atoms with Crippen LogP contribution >= 0.6 is 0 Å². The van der Waals surface area contributed by atoms with E-state index in [-0.39, 0.29) is 0 Å². The normalized spacial score (nSPS) is 18.2. The van der Waals surface area contributed by atoms with Crippen molar-refractivity contribution in [3.63, 3.8) is 0 Å². The molecule has 0 bridgehead atoms. The first-order chi connectivity index (χ1) is 9.35. The number of ether oxygens (including phenoxy) is 2. The summed E-state index contributed by atoms with van der Waals surface area (Å²) < 4.78 is 11.1. The number of hydrogen-bond donors (Lipinski definition) is 1. The van der Waals surface area contributed by atoms with Crippen LogP contribution in [0, 0.1) is 5.92 Å². The van der Waals surface area contributed by atoms with Gasteiger partial charge in [0.05, 0.1) is 6.61 Å². The molecule has 19 heavy (non-hydrogen) atoms. The maximum absolute atomic E-state index is 5.61. The Labute approximate surface area is 116 Å². The quantitative estimate of drug-likeness (QED) is 0.855. The summed E-state index contributed by atoms with van der Waals surface area (Å²) in [5.74, 6) is 1.63. The maximum atomic E-state index is 5.61. The van der Waals surface area contributed by atoms with Crippen molar-refractivity contribution in [2.45, 2.75) is 32.7 Å². The molecule has 106 valence electrons. The van der Waals surface area contributed by atoms with E-state index >= 15 is 0 Å². The Morgan fingerprint density at radius 3 is 2.79 bits per heavy atom. The lowest BCUT2D eigenvalue weighted by Crippen LogP contribution is -2.32. The van der Waals surface area contributed by atoms with Crippen molar-refractivity contribution >= 4 is 0 Å². The van der Waals surface area contributed by atoms with E-state index in [4.69, 9.17) is 9.47 Å². The third-order valence-corrected chi connectivity index (χ3v) is 3.69. The monoisotopic (exact) mass is 263 g/mol. The summed E-state index contributed by atoms with van der Waals surface area (Å²) in [6.07, 6.45) is 2.27. The Kier molecular flexibility index (Phi) is 5.67.